The van der Waals surface area contributed by atoms with Gasteiger partial charge in [0.15, 0.2) is 0 Å². The van der Waals surface area contributed by atoms with Crippen LogP contribution in [0.25, 0.3) is 6.08 Å². The van der Waals surface area contributed by atoms with Crippen molar-refractivity contribution >= 4 is 29.0 Å². The second-order valence-corrected chi connectivity index (χ2v) is 5.02. The van der Waals surface area contributed by atoms with Crippen molar-refractivity contribution in [1.82, 2.24) is 10.3 Å². The Bertz CT molecular complexity index is 338. The van der Waals surface area contributed by atoms with Gasteiger partial charge in [0.2, 0.25) is 0 Å². The predicted molar refractivity (Wildman–Crippen MR) is 70.1 cm³/mol. The molecular formula is C11H17ClN2OS. The molecule has 0 fully saturated rings. The molecule has 0 atom stereocenters. The highest BCUT2D eigenvalue weighted by Crippen LogP contribution is 2.20. The van der Waals surface area contributed by atoms with Gasteiger partial charge in [0.1, 0.15) is 9.34 Å². The van der Waals surface area contributed by atoms with Crippen molar-refractivity contribution in [2.75, 3.05) is 26.8 Å². The number of rotatable bonds is 7. The van der Waals surface area contributed by atoms with E-state index in [1.54, 1.807) is 13.3 Å². The third kappa shape index (κ3) is 5.07. The first-order valence-corrected chi connectivity index (χ1v) is 6.46. The Morgan fingerprint density at radius 2 is 2.50 bits per heavy atom. The Hall–Kier alpha value is -0.420. The quantitative estimate of drug-likeness (QED) is 0.766. The minimum Gasteiger partial charge on any atom is -0.383 e. The lowest BCUT2D eigenvalue weighted by Gasteiger charge is -2.05. The molecule has 1 aromatic heterocycles. The zero-order valence-electron chi connectivity index (χ0n) is 9.62. The molecular weight excluding hydrogens is 244 g/mol. The molecule has 0 amide bonds. The Kier molecular flexibility index (Phi) is 6.64. The molecule has 90 valence electrons. The minimum atomic E-state index is 0.731. The fourth-order valence-corrected chi connectivity index (χ4v) is 2.13. The third-order valence-corrected chi connectivity index (χ3v) is 3.17. The van der Waals surface area contributed by atoms with Crippen molar-refractivity contribution in [1.29, 1.82) is 0 Å². The van der Waals surface area contributed by atoms with Crippen LogP contribution in [0.3, 0.4) is 0 Å². The van der Waals surface area contributed by atoms with Gasteiger partial charge in [0, 0.05) is 20.2 Å². The number of ether oxygens (including phenoxy) is 1. The van der Waals surface area contributed by atoms with E-state index < -0.39 is 0 Å². The van der Waals surface area contributed by atoms with Gasteiger partial charge in [-0.2, -0.15) is 0 Å². The van der Waals surface area contributed by atoms with Crippen LogP contribution >= 0.6 is 22.9 Å². The van der Waals surface area contributed by atoms with Crippen LogP contribution in [0.15, 0.2) is 11.8 Å². The summed E-state index contributed by atoms with van der Waals surface area (Å²) in [5.41, 5.74) is 1.32. The van der Waals surface area contributed by atoms with Gasteiger partial charge in [-0.1, -0.05) is 24.1 Å². The summed E-state index contributed by atoms with van der Waals surface area (Å²) in [6.07, 6.45) is 4.79. The number of methoxy groups -OCH3 is 1. The van der Waals surface area contributed by atoms with Gasteiger partial charge in [-0.25, -0.2) is 4.98 Å². The van der Waals surface area contributed by atoms with Crippen LogP contribution in [-0.2, 0) is 4.74 Å². The number of halogens is 1. The summed E-state index contributed by atoms with van der Waals surface area (Å²) < 4.78 is 5.70. The number of hydrogen-bond donors (Lipinski definition) is 1. The fourth-order valence-electron chi connectivity index (χ4n) is 1.21. The highest BCUT2D eigenvalue weighted by Gasteiger charge is 1.99. The van der Waals surface area contributed by atoms with Crippen LogP contribution in [0.4, 0.5) is 0 Å². The molecule has 0 saturated carbocycles. The van der Waals surface area contributed by atoms with Crippen molar-refractivity contribution in [2.24, 2.45) is 0 Å². The second-order valence-electron chi connectivity index (χ2n) is 3.33. The number of aromatic nitrogens is 1. The molecule has 0 bridgehead atoms. The largest absolute Gasteiger partial charge is 0.383 e. The maximum atomic E-state index is 5.83. The molecule has 0 aromatic carbocycles. The van der Waals surface area contributed by atoms with E-state index >= 15 is 0 Å². The van der Waals surface area contributed by atoms with Crippen molar-refractivity contribution in [3.05, 3.63) is 21.1 Å². The SMILES string of the molecule is CC/C(=C/c1ncc(Cl)s1)CNCCOC. The maximum Gasteiger partial charge on any atom is 0.117 e. The molecule has 1 rings (SSSR count). The Morgan fingerprint density at radius 1 is 1.69 bits per heavy atom. The molecule has 5 heteroatoms. The average Bonchev–Trinajstić information content (AvgIpc) is 2.68. The molecule has 1 heterocycles. The zero-order valence-corrected chi connectivity index (χ0v) is 11.2. The van der Waals surface area contributed by atoms with Gasteiger partial charge in [-0.15, -0.1) is 11.3 Å². The molecule has 3 nitrogen and oxygen atoms in total. The summed E-state index contributed by atoms with van der Waals surface area (Å²) in [7, 11) is 1.70. The average molecular weight is 261 g/mol. The number of hydrogen-bond acceptors (Lipinski definition) is 4. The molecule has 0 aliphatic heterocycles. The van der Waals surface area contributed by atoms with Crippen molar-refractivity contribution < 1.29 is 4.74 Å². The van der Waals surface area contributed by atoms with Gasteiger partial charge >= 0.3 is 0 Å². The van der Waals surface area contributed by atoms with E-state index in [0.717, 1.165) is 35.5 Å². The predicted octanol–water partition coefficient (Wildman–Crippen LogP) is 2.83. The second kappa shape index (κ2) is 7.79. The lowest BCUT2D eigenvalue weighted by atomic mass is 10.2. The molecule has 0 aliphatic carbocycles. The summed E-state index contributed by atoms with van der Waals surface area (Å²) in [6, 6.07) is 0. The van der Waals surface area contributed by atoms with E-state index in [-0.39, 0.29) is 0 Å². The van der Waals surface area contributed by atoms with Crippen LogP contribution in [0.1, 0.15) is 18.4 Å². The summed E-state index contributed by atoms with van der Waals surface area (Å²) in [6.45, 7) is 4.61. The third-order valence-electron chi connectivity index (χ3n) is 2.11. The Balaban J connectivity index is 2.43. The monoisotopic (exact) mass is 260 g/mol. The lowest BCUT2D eigenvalue weighted by molar-refractivity contribution is 0.200. The molecule has 0 aliphatic rings. The lowest BCUT2D eigenvalue weighted by Crippen LogP contribution is -2.21. The van der Waals surface area contributed by atoms with Gasteiger partial charge in [0.25, 0.3) is 0 Å². The smallest absolute Gasteiger partial charge is 0.117 e. The summed E-state index contributed by atoms with van der Waals surface area (Å²) in [4.78, 5) is 4.21. The zero-order chi connectivity index (χ0) is 11.8. The number of thiazole rings is 1. The molecule has 0 radical (unpaired) electrons. The van der Waals surface area contributed by atoms with E-state index in [1.807, 2.05) is 0 Å². The summed E-state index contributed by atoms with van der Waals surface area (Å²) in [5, 5.41) is 4.28. The normalized spacial score (nSPS) is 12.1. The van der Waals surface area contributed by atoms with E-state index in [1.165, 1.54) is 16.9 Å². The van der Waals surface area contributed by atoms with Crippen LogP contribution in [0.5, 0.6) is 0 Å². The van der Waals surface area contributed by atoms with E-state index in [2.05, 4.69) is 23.3 Å². The highest BCUT2D eigenvalue weighted by molar-refractivity contribution is 7.16. The highest BCUT2D eigenvalue weighted by atomic mass is 35.5. The summed E-state index contributed by atoms with van der Waals surface area (Å²) >= 11 is 7.33. The van der Waals surface area contributed by atoms with Crippen LogP contribution < -0.4 is 5.32 Å². The van der Waals surface area contributed by atoms with E-state index in [4.69, 9.17) is 16.3 Å². The molecule has 1 aromatic rings. The fraction of sp³-hybridized carbons (Fsp3) is 0.545. The molecule has 16 heavy (non-hydrogen) atoms. The van der Waals surface area contributed by atoms with E-state index in [0.29, 0.717) is 0 Å². The molecule has 0 spiro atoms. The van der Waals surface area contributed by atoms with Gasteiger partial charge in [0.05, 0.1) is 12.8 Å². The number of nitrogens with one attached hydrogen (secondary N) is 1. The van der Waals surface area contributed by atoms with Gasteiger partial charge in [-0.3, -0.25) is 0 Å². The summed E-state index contributed by atoms with van der Waals surface area (Å²) in [5.74, 6) is 0. The number of nitrogens with zero attached hydrogens (tertiary/aromatic N) is 1. The Labute approximate surface area is 105 Å². The van der Waals surface area contributed by atoms with E-state index in [9.17, 15) is 0 Å². The van der Waals surface area contributed by atoms with Crippen molar-refractivity contribution in [3.63, 3.8) is 0 Å². The maximum absolute atomic E-state index is 5.83. The van der Waals surface area contributed by atoms with Gasteiger partial charge < -0.3 is 10.1 Å². The first-order chi connectivity index (χ1) is 7.76. The van der Waals surface area contributed by atoms with Crippen LogP contribution in [0, 0.1) is 0 Å². The Morgan fingerprint density at radius 3 is 3.06 bits per heavy atom. The molecule has 1 N–H and O–H groups in total. The molecule has 0 unspecified atom stereocenters. The minimum absolute atomic E-state index is 0.731. The van der Waals surface area contributed by atoms with Crippen LogP contribution in [-0.4, -0.2) is 31.8 Å². The first kappa shape index (κ1) is 13.6. The van der Waals surface area contributed by atoms with Crippen LogP contribution in [0.2, 0.25) is 4.34 Å². The van der Waals surface area contributed by atoms with Gasteiger partial charge in [-0.05, 0) is 12.5 Å². The van der Waals surface area contributed by atoms with Crippen molar-refractivity contribution in [2.45, 2.75) is 13.3 Å². The standard InChI is InChI=1S/C11H17ClN2OS/c1-3-9(7-13-4-5-15-2)6-11-14-8-10(12)16-11/h6,8,13H,3-5,7H2,1-2H3/b9-6-. The van der Waals surface area contributed by atoms with Crippen molar-refractivity contribution in [3.8, 4) is 0 Å². The first-order valence-electron chi connectivity index (χ1n) is 5.26. The topological polar surface area (TPSA) is 34.2 Å². The molecule has 0 saturated heterocycles.